The second-order valence-corrected chi connectivity index (χ2v) is 4.62. The van der Waals surface area contributed by atoms with Crippen LogP contribution in [0.4, 0.5) is 0 Å². The summed E-state index contributed by atoms with van der Waals surface area (Å²) in [6, 6.07) is 0. The van der Waals surface area contributed by atoms with Gasteiger partial charge < -0.3 is 16.4 Å². The van der Waals surface area contributed by atoms with Crippen LogP contribution < -0.4 is 11.5 Å². The number of hydrogen-bond donors (Lipinski definition) is 2. The number of nitrogens with zero attached hydrogens (tertiary/aromatic N) is 1. The first-order chi connectivity index (χ1) is 7.09. The van der Waals surface area contributed by atoms with Gasteiger partial charge in [-0.25, -0.2) is 0 Å². The van der Waals surface area contributed by atoms with Crippen LogP contribution in [0.1, 0.15) is 19.3 Å². The summed E-state index contributed by atoms with van der Waals surface area (Å²) >= 11 is 0. The van der Waals surface area contributed by atoms with E-state index in [-0.39, 0.29) is 23.1 Å². The van der Waals surface area contributed by atoms with Crippen molar-refractivity contribution < 1.29 is 9.59 Å². The third kappa shape index (κ3) is 1.71. The molecule has 1 saturated carbocycles. The highest BCUT2D eigenvalue weighted by Gasteiger charge is 2.51. The number of likely N-dealkylation sites (tertiary alicyclic amines) is 1. The maximum absolute atomic E-state index is 12.0. The van der Waals surface area contributed by atoms with Crippen molar-refractivity contribution in [3.8, 4) is 0 Å². The van der Waals surface area contributed by atoms with Crippen molar-refractivity contribution in [3.63, 3.8) is 0 Å². The zero-order valence-corrected chi connectivity index (χ0v) is 8.74. The molecular weight excluding hydrogens is 194 g/mol. The molecule has 84 valence electrons. The molecule has 2 rings (SSSR count). The quantitative estimate of drug-likeness (QED) is 0.631. The van der Waals surface area contributed by atoms with Gasteiger partial charge in [0.25, 0.3) is 0 Å². The van der Waals surface area contributed by atoms with Crippen LogP contribution in [0.25, 0.3) is 0 Å². The fourth-order valence-electron chi connectivity index (χ4n) is 2.17. The third-order valence-electron chi connectivity index (χ3n) is 3.58. The number of primary amides is 1. The first-order valence-electron chi connectivity index (χ1n) is 5.38. The molecule has 1 unspecified atom stereocenters. The van der Waals surface area contributed by atoms with Crippen LogP contribution in [-0.2, 0) is 9.59 Å². The van der Waals surface area contributed by atoms with Gasteiger partial charge in [-0.3, -0.25) is 9.59 Å². The highest BCUT2D eigenvalue weighted by Crippen LogP contribution is 2.46. The lowest BCUT2D eigenvalue weighted by Crippen LogP contribution is -2.40. The molecule has 1 aliphatic heterocycles. The highest BCUT2D eigenvalue weighted by atomic mass is 16.2. The Morgan fingerprint density at radius 2 is 2.07 bits per heavy atom. The van der Waals surface area contributed by atoms with Gasteiger partial charge in [0.15, 0.2) is 0 Å². The van der Waals surface area contributed by atoms with E-state index in [0.29, 0.717) is 26.1 Å². The van der Waals surface area contributed by atoms with Gasteiger partial charge in [-0.1, -0.05) is 0 Å². The van der Waals surface area contributed by atoms with Gasteiger partial charge in [0, 0.05) is 19.6 Å². The van der Waals surface area contributed by atoms with Gasteiger partial charge in [-0.05, 0) is 19.3 Å². The smallest absolute Gasteiger partial charge is 0.230 e. The van der Waals surface area contributed by atoms with Crippen LogP contribution in [0.15, 0.2) is 0 Å². The summed E-state index contributed by atoms with van der Waals surface area (Å²) < 4.78 is 0. The van der Waals surface area contributed by atoms with Crippen LogP contribution in [-0.4, -0.2) is 36.3 Å². The SMILES string of the molecule is NCC1(C(=O)N2CCC(C(N)=O)C2)CC1. The molecule has 15 heavy (non-hydrogen) atoms. The first-order valence-corrected chi connectivity index (χ1v) is 5.38. The minimum atomic E-state index is -0.303. The van der Waals surface area contributed by atoms with Crippen LogP contribution in [0, 0.1) is 11.3 Å². The van der Waals surface area contributed by atoms with Gasteiger partial charge in [-0.15, -0.1) is 0 Å². The van der Waals surface area contributed by atoms with Crippen LogP contribution in [0.3, 0.4) is 0 Å². The molecule has 0 radical (unpaired) electrons. The molecule has 0 aromatic carbocycles. The monoisotopic (exact) mass is 211 g/mol. The van der Waals surface area contributed by atoms with Crippen LogP contribution in [0.5, 0.6) is 0 Å². The van der Waals surface area contributed by atoms with E-state index in [1.165, 1.54) is 0 Å². The molecule has 2 aliphatic rings. The van der Waals surface area contributed by atoms with Crippen molar-refractivity contribution in [2.75, 3.05) is 19.6 Å². The summed E-state index contributed by atoms with van der Waals surface area (Å²) in [7, 11) is 0. The summed E-state index contributed by atoms with van der Waals surface area (Å²) in [5.74, 6) is -0.348. The van der Waals surface area contributed by atoms with Gasteiger partial charge >= 0.3 is 0 Å². The lowest BCUT2D eigenvalue weighted by molar-refractivity contribution is -0.135. The first kappa shape index (κ1) is 10.4. The summed E-state index contributed by atoms with van der Waals surface area (Å²) in [6.07, 6.45) is 2.47. The summed E-state index contributed by atoms with van der Waals surface area (Å²) in [5, 5.41) is 0. The maximum Gasteiger partial charge on any atom is 0.230 e. The molecule has 5 heteroatoms. The number of amides is 2. The number of carbonyl (C=O) groups excluding carboxylic acids is 2. The topological polar surface area (TPSA) is 89.4 Å². The molecule has 1 saturated heterocycles. The van der Waals surface area contributed by atoms with E-state index in [2.05, 4.69) is 0 Å². The Labute approximate surface area is 88.8 Å². The van der Waals surface area contributed by atoms with E-state index in [0.717, 1.165) is 12.8 Å². The minimum absolute atomic E-state index is 0.119. The second kappa shape index (κ2) is 3.48. The Morgan fingerprint density at radius 1 is 1.40 bits per heavy atom. The molecule has 1 atom stereocenters. The fraction of sp³-hybridized carbons (Fsp3) is 0.800. The van der Waals surface area contributed by atoms with E-state index in [1.54, 1.807) is 4.90 Å². The number of nitrogens with two attached hydrogens (primary N) is 2. The van der Waals surface area contributed by atoms with Crippen molar-refractivity contribution in [1.82, 2.24) is 4.90 Å². The Hall–Kier alpha value is -1.10. The van der Waals surface area contributed by atoms with E-state index in [4.69, 9.17) is 11.5 Å². The van der Waals surface area contributed by atoms with Crippen molar-refractivity contribution in [2.45, 2.75) is 19.3 Å². The predicted octanol–water partition coefficient (Wildman–Crippen LogP) is -0.941. The average molecular weight is 211 g/mol. The molecule has 1 heterocycles. The van der Waals surface area contributed by atoms with E-state index in [1.807, 2.05) is 0 Å². The summed E-state index contributed by atoms with van der Waals surface area (Å²) in [4.78, 5) is 24.7. The standard InChI is InChI=1S/C10H17N3O2/c11-6-10(2-3-10)9(15)13-4-1-7(5-13)8(12)14/h7H,1-6,11H2,(H2,12,14). The molecule has 0 spiro atoms. The number of hydrogen-bond acceptors (Lipinski definition) is 3. The molecule has 5 nitrogen and oxygen atoms in total. The van der Waals surface area contributed by atoms with E-state index >= 15 is 0 Å². The molecule has 0 aromatic rings. The Bertz CT molecular complexity index is 299. The zero-order chi connectivity index (χ0) is 11.1. The van der Waals surface area contributed by atoms with E-state index in [9.17, 15) is 9.59 Å². The molecule has 2 fully saturated rings. The minimum Gasteiger partial charge on any atom is -0.369 e. The molecule has 1 aliphatic carbocycles. The van der Waals surface area contributed by atoms with Gasteiger partial charge in [0.05, 0.1) is 11.3 Å². The Kier molecular flexibility index (Phi) is 2.42. The average Bonchev–Trinajstić information content (AvgIpc) is 2.86. The normalized spacial score (nSPS) is 27.8. The number of carbonyl (C=O) groups is 2. The highest BCUT2D eigenvalue weighted by molar-refractivity contribution is 5.87. The predicted molar refractivity (Wildman–Crippen MR) is 54.6 cm³/mol. The lowest BCUT2D eigenvalue weighted by Gasteiger charge is -2.21. The molecule has 4 N–H and O–H groups in total. The van der Waals surface area contributed by atoms with Gasteiger partial charge in [0.2, 0.25) is 11.8 Å². The van der Waals surface area contributed by atoms with Gasteiger partial charge in [-0.2, -0.15) is 0 Å². The van der Waals surface area contributed by atoms with Crippen molar-refractivity contribution in [3.05, 3.63) is 0 Å². The fourth-order valence-corrected chi connectivity index (χ4v) is 2.17. The largest absolute Gasteiger partial charge is 0.369 e. The van der Waals surface area contributed by atoms with Crippen molar-refractivity contribution in [2.24, 2.45) is 22.8 Å². The van der Waals surface area contributed by atoms with E-state index < -0.39 is 0 Å². The zero-order valence-electron chi connectivity index (χ0n) is 8.74. The van der Waals surface area contributed by atoms with Crippen LogP contribution >= 0.6 is 0 Å². The van der Waals surface area contributed by atoms with Gasteiger partial charge in [0.1, 0.15) is 0 Å². The third-order valence-corrected chi connectivity index (χ3v) is 3.58. The summed E-state index contributed by atoms with van der Waals surface area (Å²) in [5.41, 5.74) is 10.5. The molecule has 0 bridgehead atoms. The Morgan fingerprint density at radius 3 is 2.47 bits per heavy atom. The second-order valence-electron chi connectivity index (χ2n) is 4.62. The Balaban J connectivity index is 1.96. The van der Waals surface area contributed by atoms with Crippen molar-refractivity contribution in [1.29, 1.82) is 0 Å². The maximum atomic E-state index is 12.0. The number of rotatable bonds is 3. The molecule has 2 amide bonds. The summed E-state index contributed by atoms with van der Waals surface area (Å²) in [6.45, 7) is 1.55. The van der Waals surface area contributed by atoms with Crippen LogP contribution in [0.2, 0.25) is 0 Å². The molecule has 0 aromatic heterocycles. The van der Waals surface area contributed by atoms with Crippen molar-refractivity contribution >= 4 is 11.8 Å². The lowest BCUT2D eigenvalue weighted by atomic mass is 10.1. The molecular formula is C10H17N3O2.